The molecule has 5 nitrogen and oxygen atoms in total. The smallest absolute Gasteiger partial charge is 0.224 e. The van der Waals surface area contributed by atoms with Crippen molar-refractivity contribution in [1.82, 2.24) is 10.3 Å². The predicted octanol–water partition coefficient (Wildman–Crippen LogP) is 1.32. The lowest BCUT2D eigenvalue weighted by atomic mass is 10.1. The van der Waals surface area contributed by atoms with Crippen LogP contribution in [0.3, 0.4) is 0 Å². The first kappa shape index (κ1) is 14.1. The Morgan fingerprint density at radius 1 is 1.38 bits per heavy atom. The zero-order chi connectivity index (χ0) is 15.0. The van der Waals surface area contributed by atoms with Crippen molar-refractivity contribution in [2.45, 2.75) is 25.8 Å². The third-order valence-electron chi connectivity index (χ3n) is 3.96. The van der Waals surface area contributed by atoms with Crippen LogP contribution in [0.5, 0.6) is 0 Å². The van der Waals surface area contributed by atoms with Crippen LogP contribution < -0.4 is 5.32 Å². The van der Waals surface area contributed by atoms with Gasteiger partial charge in [0.1, 0.15) is 0 Å². The first-order valence-electron chi connectivity index (χ1n) is 7.00. The number of carbonyl (C=O) groups excluding carboxylic acids is 1. The van der Waals surface area contributed by atoms with E-state index in [4.69, 9.17) is 0 Å². The lowest BCUT2D eigenvalue weighted by Crippen LogP contribution is -2.36. The highest BCUT2D eigenvalue weighted by Crippen LogP contribution is 2.22. The van der Waals surface area contributed by atoms with Crippen LogP contribution in [-0.2, 0) is 21.1 Å². The molecule has 1 aromatic heterocycles. The third-order valence-corrected chi connectivity index (χ3v) is 5.73. The number of sulfone groups is 1. The Kier molecular flexibility index (Phi) is 3.49. The van der Waals surface area contributed by atoms with Crippen LogP contribution in [0, 0.1) is 6.92 Å². The number of hydrogen-bond donors (Lipinski definition) is 2. The minimum atomic E-state index is -2.97. The molecule has 1 fully saturated rings. The van der Waals surface area contributed by atoms with Crippen LogP contribution in [0.15, 0.2) is 24.3 Å². The Morgan fingerprint density at radius 2 is 2.14 bits per heavy atom. The maximum Gasteiger partial charge on any atom is 0.224 e. The number of rotatable bonds is 3. The first-order chi connectivity index (χ1) is 9.94. The van der Waals surface area contributed by atoms with E-state index in [1.54, 1.807) is 0 Å². The van der Waals surface area contributed by atoms with E-state index in [-0.39, 0.29) is 29.9 Å². The number of fused-ring (bicyclic) bond motifs is 1. The second kappa shape index (κ2) is 5.18. The van der Waals surface area contributed by atoms with E-state index < -0.39 is 9.84 Å². The van der Waals surface area contributed by atoms with Gasteiger partial charge in [0.25, 0.3) is 0 Å². The van der Waals surface area contributed by atoms with Crippen molar-refractivity contribution < 1.29 is 13.2 Å². The van der Waals surface area contributed by atoms with Gasteiger partial charge in [-0.25, -0.2) is 8.42 Å². The second-order valence-corrected chi connectivity index (χ2v) is 7.85. The summed E-state index contributed by atoms with van der Waals surface area (Å²) in [6, 6.07) is 7.62. The van der Waals surface area contributed by atoms with Crippen LogP contribution in [0.1, 0.15) is 17.7 Å². The summed E-state index contributed by atoms with van der Waals surface area (Å²) in [5.74, 6) is 0.111. The van der Waals surface area contributed by atoms with Crippen molar-refractivity contribution in [1.29, 1.82) is 0 Å². The number of nitrogens with one attached hydrogen (secondary N) is 2. The third kappa shape index (κ3) is 2.95. The maximum atomic E-state index is 12.2. The molecule has 0 spiro atoms. The fourth-order valence-electron chi connectivity index (χ4n) is 2.91. The minimum Gasteiger partial charge on any atom is -0.358 e. The summed E-state index contributed by atoms with van der Waals surface area (Å²) in [5.41, 5.74) is 2.97. The lowest BCUT2D eigenvalue weighted by Gasteiger charge is -2.10. The molecular formula is C15H18N2O3S. The molecule has 2 heterocycles. The van der Waals surface area contributed by atoms with Gasteiger partial charge in [-0.2, -0.15) is 0 Å². The predicted molar refractivity (Wildman–Crippen MR) is 81.9 cm³/mol. The van der Waals surface area contributed by atoms with Crippen molar-refractivity contribution >= 4 is 26.6 Å². The van der Waals surface area contributed by atoms with Crippen molar-refractivity contribution in [3.63, 3.8) is 0 Å². The average Bonchev–Trinajstić information content (AvgIpc) is 2.90. The van der Waals surface area contributed by atoms with Gasteiger partial charge in [-0.1, -0.05) is 18.2 Å². The van der Waals surface area contributed by atoms with Crippen molar-refractivity contribution in [3.05, 3.63) is 35.5 Å². The van der Waals surface area contributed by atoms with E-state index in [2.05, 4.69) is 10.3 Å². The highest BCUT2D eigenvalue weighted by atomic mass is 32.2. The second-order valence-electron chi connectivity index (χ2n) is 5.62. The molecular weight excluding hydrogens is 288 g/mol. The van der Waals surface area contributed by atoms with Gasteiger partial charge in [0.05, 0.1) is 17.9 Å². The molecule has 0 saturated carbocycles. The van der Waals surface area contributed by atoms with Crippen LogP contribution in [0.25, 0.3) is 10.9 Å². The van der Waals surface area contributed by atoms with Gasteiger partial charge in [0.2, 0.25) is 5.91 Å². The molecule has 1 aromatic carbocycles. The minimum absolute atomic E-state index is 0.0611. The highest BCUT2D eigenvalue weighted by Gasteiger charge is 2.29. The summed E-state index contributed by atoms with van der Waals surface area (Å²) in [5, 5.41) is 3.88. The summed E-state index contributed by atoms with van der Waals surface area (Å²) in [4.78, 5) is 15.4. The van der Waals surface area contributed by atoms with Crippen LogP contribution in [0.2, 0.25) is 0 Å². The van der Waals surface area contributed by atoms with Gasteiger partial charge in [0.15, 0.2) is 9.84 Å². The number of carbonyl (C=O) groups is 1. The Hall–Kier alpha value is -1.82. The molecule has 1 saturated heterocycles. The number of amides is 1. The Morgan fingerprint density at radius 3 is 2.86 bits per heavy atom. The van der Waals surface area contributed by atoms with Crippen molar-refractivity contribution in [2.24, 2.45) is 0 Å². The number of aryl methyl sites for hydroxylation is 1. The molecule has 1 unspecified atom stereocenters. The van der Waals surface area contributed by atoms with Gasteiger partial charge in [0, 0.05) is 22.6 Å². The molecule has 112 valence electrons. The summed E-state index contributed by atoms with van der Waals surface area (Å²) < 4.78 is 22.8. The Balaban J connectivity index is 1.74. The quantitative estimate of drug-likeness (QED) is 0.897. The Labute approximate surface area is 123 Å². The van der Waals surface area contributed by atoms with Gasteiger partial charge in [-0.05, 0) is 25.0 Å². The van der Waals surface area contributed by atoms with Gasteiger partial charge in [-0.3, -0.25) is 4.79 Å². The molecule has 21 heavy (non-hydrogen) atoms. The number of aromatic amines is 1. The van der Waals surface area contributed by atoms with Crippen molar-refractivity contribution in [2.75, 3.05) is 11.5 Å². The molecule has 1 aliphatic rings. The van der Waals surface area contributed by atoms with E-state index in [0.29, 0.717) is 6.42 Å². The number of benzene rings is 1. The van der Waals surface area contributed by atoms with Crippen LogP contribution in [-0.4, -0.2) is 36.9 Å². The number of H-pyrrole nitrogens is 1. The molecule has 0 aliphatic carbocycles. The zero-order valence-electron chi connectivity index (χ0n) is 11.8. The van der Waals surface area contributed by atoms with E-state index >= 15 is 0 Å². The summed E-state index contributed by atoms with van der Waals surface area (Å²) in [6.45, 7) is 1.95. The average molecular weight is 306 g/mol. The number of para-hydroxylation sites is 1. The molecule has 3 rings (SSSR count). The maximum absolute atomic E-state index is 12.2. The molecule has 6 heteroatoms. The molecule has 1 aliphatic heterocycles. The molecule has 1 amide bonds. The normalized spacial score (nSPS) is 20.7. The topological polar surface area (TPSA) is 79.0 Å². The van der Waals surface area contributed by atoms with E-state index in [1.165, 1.54) is 0 Å². The largest absolute Gasteiger partial charge is 0.358 e. The monoisotopic (exact) mass is 306 g/mol. The van der Waals surface area contributed by atoms with Crippen LogP contribution in [0.4, 0.5) is 0 Å². The van der Waals surface area contributed by atoms with E-state index in [9.17, 15) is 13.2 Å². The molecule has 2 N–H and O–H groups in total. The van der Waals surface area contributed by atoms with Gasteiger partial charge >= 0.3 is 0 Å². The summed E-state index contributed by atoms with van der Waals surface area (Å²) in [6.07, 6.45) is 0.785. The standard InChI is InChI=1S/C15H18N2O3S/c1-10-13(12-4-2-3-5-14(12)16-10)8-15(18)17-11-6-7-21(19,20)9-11/h2-5,11,16H,6-9H2,1H3,(H,17,18). The molecule has 0 bridgehead atoms. The van der Waals surface area contributed by atoms with Crippen molar-refractivity contribution in [3.8, 4) is 0 Å². The van der Waals surface area contributed by atoms with Gasteiger partial charge < -0.3 is 10.3 Å². The molecule has 0 radical (unpaired) electrons. The SMILES string of the molecule is Cc1[nH]c2ccccc2c1CC(=O)NC1CCS(=O)(=O)C1. The van der Waals surface area contributed by atoms with E-state index in [1.807, 2.05) is 31.2 Å². The van der Waals surface area contributed by atoms with Crippen LogP contribution >= 0.6 is 0 Å². The molecule has 1 atom stereocenters. The first-order valence-corrected chi connectivity index (χ1v) is 8.83. The fraction of sp³-hybridized carbons (Fsp3) is 0.400. The van der Waals surface area contributed by atoms with E-state index in [0.717, 1.165) is 22.2 Å². The van der Waals surface area contributed by atoms with Gasteiger partial charge in [-0.15, -0.1) is 0 Å². The fourth-order valence-corrected chi connectivity index (χ4v) is 4.58. The zero-order valence-corrected chi connectivity index (χ0v) is 12.7. The summed E-state index contributed by atoms with van der Waals surface area (Å²) >= 11 is 0. The Bertz CT molecular complexity index is 792. The lowest BCUT2D eigenvalue weighted by molar-refractivity contribution is -0.120. The summed E-state index contributed by atoms with van der Waals surface area (Å²) in [7, 11) is -2.97. The highest BCUT2D eigenvalue weighted by molar-refractivity contribution is 7.91. The number of hydrogen-bond acceptors (Lipinski definition) is 3. The number of aromatic nitrogens is 1. The molecule has 2 aromatic rings.